The summed E-state index contributed by atoms with van der Waals surface area (Å²) in [6, 6.07) is 8.50. The molecule has 0 amide bonds. The van der Waals surface area contributed by atoms with Crippen LogP contribution >= 0.6 is 11.3 Å². The number of rotatable bonds is 7. The number of nitrogens with zero attached hydrogens (tertiary/aromatic N) is 1. The van der Waals surface area contributed by atoms with E-state index in [1.54, 1.807) is 11.3 Å². The van der Waals surface area contributed by atoms with E-state index in [-0.39, 0.29) is 0 Å². The van der Waals surface area contributed by atoms with Gasteiger partial charge in [0.25, 0.3) is 0 Å². The standard InChI is InChI=1S/C15H20N2S/c1-2-3-4-5-9-16-14-8-6-7-13(12-14)15-17-10-11-18-15/h6-8,10-12,16H,2-5,9H2,1H3. The number of aromatic nitrogens is 1. The molecule has 2 rings (SSSR count). The van der Waals surface area contributed by atoms with Crippen molar-refractivity contribution in [2.45, 2.75) is 32.6 Å². The Morgan fingerprint density at radius 3 is 2.94 bits per heavy atom. The fraction of sp³-hybridized carbons (Fsp3) is 0.400. The zero-order chi connectivity index (χ0) is 12.6. The van der Waals surface area contributed by atoms with Crippen LogP contribution in [0.5, 0.6) is 0 Å². The molecule has 0 spiro atoms. The van der Waals surface area contributed by atoms with E-state index in [1.165, 1.54) is 36.9 Å². The third-order valence-corrected chi connectivity index (χ3v) is 3.72. The molecule has 96 valence electrons. The fourth-order valence-electron chi connectivity index (χ4n) is 1.91. The van der Waals surface area contributed by atoms with Crippen molar-refractivity contribution in [2.24, 2.45) is 0 Å². The number of hydrogen-bond donors (Lipinski definition) is 1. The van der Waals surface area contributed by atoms with E-state index in [1.807, 2.05) is 11.6 Å². The molecule has 1 N–H and O–H groups in total. The van der Waals surface area contributed by atoms with Gasteiger partial charge in [0, 0.05) is 29.4 Å². The SMILES string of the molecule is CCCCCCNc1cccc(-c2nccs2)c1. The van der Waals surface area contributed by atoms with Gasteiger partial charge in [-0.1, -0.05) is 38.3 Å². The monoisotopic (exact) mass is 260 g/mol. The van der Waals surface area contributed by atoms with Gasteiger partial charge in [0.05, 0.1) is 0 Å². The van der Waals surface area contributed by atoms with Crippen LogP contribution < -0.4 is 5.32 Å². The first-order valence-corrected chi connectivity index (χ1v) is 7.52. The normalized spacial score (nSPS) is 10.5. The summed E-state index contributed by atoms with van der Waals surface area (Å²) in [6.07, 6.45) is 7.04. The number of thiazole rings is 1. The first-order chi connectivity index (χ1) is 8.90. The lowest BCUT2D eigenvalue weighted by Gasteiger charge is -2.07. The molecule has 0 aliphatic carbocycles. The van der Waals surface area contributed by atoms with Crippen molar-refractivity contribution in [1.82, 2.24) is 4.98 Å². The van der Waals surface area contributed by atoms with Gasteiger partial charge in [0.1, 0.15) is 5.01 Å². The highest BCUT2D eigenvalue weighted by molar-refractivity contribution is 7.13. The molecule has 1 aromatic carbocycles. The summed E-state index contributed by atoms with van der Waals surface area (Å²) in [6.45, 7) is 3.30. The maximum atomic E-state index is 4.34. The number of hydrogen-bond acceptors (Lipinski definition) is 3. The van der Waals surface area contributed by atoms with Crippen molar-refractivity contribution in [2.75, 3.05) is 11.9 Å². The summed E-state index contributed by atoms with van der Waals surface area (Å²) in [5.41, 5.74) is 2.39. The lowest BCUT2D eigenvalue weighted by molar-refractivity contribution is 0.685. The summed E-state index contributed by atoms with van der Waals surface area (Å²) in [5, 5.41) is 6.58. The van der Waals surface area contributed by atoms with E-state index in [0.717, 1.165) is 11.6 Å². The Balaban J connectivity index is 1.88. The van der Waals surface area contributed by atoms with Crippen LogP contribution in [0.4, 0.5) is 5.69 Å². The molecule has 1 aromatic heterocycles. The zero-order valence-corrected chi connectivity index (χ0v) is 11.7. The quantitative estimate of drug-likeness (QED) is 0.723. The summed E-state index contributed by atoms with van der Waals surface area (Å²) < 4.78 is 0. The predicted molar refractivity (Wildman–Crippen MR) is 80.2 cm³/mol. The molecule has 0 saturated heterocycles. The van der Waals surface area contributed by atoms with Gasteiger partial charge in [0.15, 0.2) is 0 Å². The molecule has 0 fully saturated rings. The largest absolute Gasteiger partial charge is 0.385 e. The minimum atomic E-state index is 1.06. The molecule has 0 saturated carbocycles. The molecular formula is C15H20N2S. The Labute approximate surface area is 113 Å². The number of unbranched alkanes of at least 4 members (excludes halogenated alkanes) is 3. The van der Waals surface area contributed by atoms with E-state index in [9.17, 15) is 0 Å². The smallest absolute Gasteiger partial charge is 0.123 e. The van der Waals surface area contributed by atoms with Gasteiger partial charge >= 0.3 is 0 Å². The molecule has 2 nitrogen and oxygen atoms in total. The van der Waals surface area contributed by atoms with Crippen molar-refractivity contribution >= 4 is 17.0 Å². The van der Waals surface area contributed by atoms with Crippen molar-refractivity contribution in [1.29, 1.82) is 0 Å². The third-order valence-electron chi connectivity index (χ3n) is 2.90. The van der Waals surface area contributed by atoms with Crippen LogP contribution in [0.25, 0.3) is 10.6 Å². The number of anilines is 1. The number of benzene rings is 1. The highest BCUT2D eigenvalue weighted by atomic mass is 32.1. The molecule has 3 heteroatoms. The molecule has 0 radical (unpaired) electrons. The van der Waals surface area contributed by atoms with Crippen LogP contribution in [0.15, 0.2) is 35.8 Å². The Morgan fingerprint density at radius 1 is 1.22 bits per heavy atom. The lowest BCUT2D eigenvalue weighted by Crippen LogP contribution is -2.01. The molecule has 0 aliphatic heterocycles. The van der Waals surface area contributed by atoms with E-state index in [0.29, 0.717) is 0 Å². The summed E-state index contributed by atoms with van der Waals surface area (Å²) in [5.74, 6) is 0. The highest BCUT2D eigenvalue weighted by Crippen LogP contribution is 2.24. The molecule has 0 aliphatic rings. The van der Waals surface area contributed by atoms with Gasteiger partial charge in [0.2, 0.25) is 0 Å². The van der Waals surface area contributed by atoms with Crippen LogP contribution in [-0.4, -0.2) is 11.5 Å². The van der Waals surface area contributed by atoms with Crippen LogP contribution in [-0.2, 0) is 0 Å². The van der Waals surface area contributed by atoms with Crippen LogP contribution in [0, 0.1) is 0 Å². The Bertz CT molecular complexity index is 451. The molecular weight excluding hydrogens is 240 g/mol. The predicted octanol–water partition coefficient (Wildman–Crippen LogP) is 4.80. The zero-order valence-electron chi connectivity index (χ0n) is 10.9. The van der Waals surface area contributed by atoms with Crippen LogP contribution in [0.1, 0.15) is 32.6 Å². The Kier molecular flexibility index (Phi) is 5.21. The van der Waals surface area contributed by atoms with Crippen molar-refractivity contribution in [3.05, 3.63) is 35.8 Å². The van der Waals surface area contributed by atoms with Crippen LogP contribution in [0.3, 0.4) is 0 Å². The van der Waals surface area contributed by atoms with Crippen molar-refractivity contribution < 1.29 is 0 Å². The van der Waals surface area contributed by atoms with Crippen molar-refractivity contribution in [3.8, 4) is 10.6 Å². The summed E-state index contributed by atoms with van der Waals surface area (Å²) in [4.78, 5) is 4.34. The lowest BCUT2D eigenvalue weighted by atomic mass is 10.2. The van der Waals surface area contributed by atoms with Gasteiger partial charge in [-0.25, -0.2) is 4.98 Å². The van der Waals surface area contributed by atoms with E-state index < -0.39 is 0 Å². The first kappa shape index (κ1) is 13.1. The van der Waals surface area contributed by atoms with Gasteiger partial charge in [-0.05, 0) is 18.6 Å². The maximum Gasteiger partial charge on any atom is 0.123 e. The first-order valence-electron chi connectivity index (χ1n) is 6.64. The third kappa shape index (κ3) is 3.84. The second-order valence-corrected chi connectivity index (χ2v) is 5.30. The van der Waals surface area contributed by atoms with Crippen LogP contribution in [0.2, 0.25) is 0 Å². The fourth-order valence-corrected chi connectivity index (χ4v) is 2.55. The second-order valence-electron chi connectivity index (χ2n) is 4.41. The summed E-state index contributed by atoms with van der Waals surface area (Å²) >= 11 is 1.68. The van der Waals surface area contributed by atoms with E-state index in [2.05, 4.69) is 41.5 Å². The van der Waals surface area contributed by atoms with Gasteiger partial charge in [-0.2, -0.15) is 0 Å². The molecule has 1 heterocycles. The van der Waals surface area contributed by atoms with Gasteiger partial charge < -0.3 is 5.32 Å². The highest BCUT2D eigenvalue weighted by Gasteiger charge is 2.00. The average Bonchev–Trinajstić information content (AvgIpc) is 2.93. The Hall–Kier alpha value is -1.35. The topological polar surface area (TPSA) is 24.9 Å². The summed E-state index contributed by atoms with van der Waals surface area (Å²) in [7, 11) is 0. The average molecular weight is 260 g/mol. The molecule has 2 aromatic rings. The van der Waals surface area contributed by atoms with Gasteiger partial charge in [-0.3, -0.25) is 0 Å². The number of nitrogens with one attached hydrogen (secondary N) is 1. The molecule has 0 atom stereocenters. The molecule has 0 bridgehead atoms. The van der Waals surface area contributed by atoms with E-state index in [4.69, 9.17) is 0 Å². The second kappa shape index (κ2) is 7.17. The van der Waals surface area contributed by atoms with E-state index >= 15 is 0 Å². The van der Waals surface area contributed by atoms with Gasteiger partial charge in [-0.15, -0.1) is 11.3 Å². The molecule has 0 unspecified atom stereocenters. The molecule has 18 heavy (non-hydrogen) atoms. The van der Waals surface area contributed by atoms with Crippen molar-refractivity contribution in [3.63, 3.8) is 0 Å². The minimum absolute atomic E-state index is 1.06. The maximum absolute atomic E-state index is 4.34. The Morgan fingerprint density at radius 2 is 2.17 bits per heavy atom. The minimum Gasteiger partial charge on any atom is -0.385 e.